The Morgan fingerprint density at radius 1 is 1.28 bits per heavy atom. The Morgan fingerprint density at radius 2 is 1.94 bits per heavy atom. The number of benzene rings is 1. The van der Waals surface area contributed by atoms with Crippen LogP contribution in [0.3, 0.4) is 0 Å². The number of hydrogen-bond donors (Lipinski definition) is 1. The van der Waals surface area contributed by atoms with Gasteiger partial charge in [-0.15, -0.1) is 0 Å². The molecule has 0 atom stereocenters. The Balaban J connectivity index is 2.62. The number of carbonyl (C=O) groups is 2. The van der Waals surface area contributed by atoms with Gasteiger partial charge in [0.25, 0.3) is 5.91 Å². The first-order valence-electron chi connectivity index (χ1n) is 5.34. The quantitative estimate of drug-likeness (QED) is 0.876. The molecule has 0 spiro atoms. The molecule has 1 amide bonds. The maximum Gasteiger partial charge on any atom is 0.303 e. The molecule has 0 aliphatic carbocycles. The Morgan fingerprint density at radius 3 is 2.50 bits per heavy atom. The summed E-state index contributed by atoms with van der Waals surface area (Å²) in [7, 11) is 1.48. The van der Waals surface area contributed by atoms with Crippen molar-refractivity contribution in [2.24, 2.45) is 0 Å². The van der Waals surface area contributed by atoms with E-state index in [2.05, 4.69) is 0 Å². The van der Waals surface area contributed by atoms with Crippen LogP contribution >= 0.6 is 0 Å². The molecule has 0 saturated carbocycles. The monoisotopic (exact) mass is 257 g/mol. The molecule has 1 N–H and O–H groups in total. The minimum absolute atomic E-state index is 0.0340. The highest BCUT2D eigenvalue weighted by Gasteiger charge is 2.14. The third-order valence-corrected chi connectivity index (χ3v) is 2.40. The van der Waals surface area contributed by atoms with Gasteiger partial charge in [-0.3, -0.25) is 9.59 Å². The van der Waals surface area contributed by atoms with Crippen LogP contribution in [0.1, 0.15) is 23.2 Å². The number of amides is 1. The molecular weight excluding hydrogens is 244 g/mol. The maximum atomic E-state index is 12.9. The zero-order chi connectivity index (χ0) is 13.7. The zero-order valence-electron chi connectivity index (χ0n) is 9.82. The van der Waals surface area contributed by atoms with Gasteiger partial charge >= 0.3 is 5.97 Å². The van der Waals surface area contributed by atoms with Crippen LogP contribution in [0, 0.1) is 11.6 Å². The van der Waals surface area contributed by atoms with Crippen LogP contribution in [0.15, 0.2) is 18.2 Å². The Bertz CT molecular complexity index is 463. The first-order valence-corrected chi connectivity index (χ1v) is 5.34. The van der Waals surface area contributed by atoms with Gasteiger partial charge in [-0.25, -0.2) is 8.78 Å². The topological polar surface area (TPSA) is 57.6 Å². The molecule has 0 fully saturated rings. The predicted molar refractivity (Wildman–Crippen MR) is 60.2 cm³/mol. The standard InChI is InChI=1S/C12H13F2NO3/c1-15(6-2-3-11(16)17)12(18)8-4-5-9(13)10(14)7-8/h4-5,7H,2-3,6H2,1H3,(H,16,17). The molecule has 18 heavy (non-hydrogen) atoms. The Kier molecular flexibility index (Phi) is 4.76. The molecule has 0 radical (unpaired) electrons. The number of rotatable bonds is 5. The molecule has 0 aliphatic rings. The Hall–Kier alpha value is -1.98. The minimum Gasteiger partial charge on any atom is -0.481 e. The highest BCUT2D eigenvalue weighted by atomic mass is 19.2. The number of aliphatic carboxylic acids is 1. The van der Waals surface area contributed by atoms with Crippen molar-refractivity contribution < 1.29 is 23.5 Å². The first kappa shape index (κ1) is 14.1. The third-order valence-electron chi connectivity index (χ3n) is 2.40. The highest BCUT2D eigenvalue weighted by Crippen LogP contribution is 2.10. The lowest BCUT2D eigenvalue weighted by molar-refractivity contribution is -0.137. The summed E-state index contributed by atoms with van der Waals surface area (Å²) in [5.74, 6) is -3.51. The highest BCUT2D eigenvalue weighted by molar-refractivity contribution is 5.94. The van der Waals surface area contributed by atoms with Crippen molar-refractivity contribution in [1.82, 2.24) is 4.90 Å². The molecule has 0 unspecified atom stereocenters. The second kappa shape index (κ2) is 6.09. The molecule has 0 aromatic heterocycles. The SMILES string of the molecule is CN(CCCC(=O)O)C(=O)c1ccc(F)c(F)c1. The van der Waals surface area contributed by atoms with Crippen LogP contribution in [-0.4, -0.2) is 35.5 Å². The van der Waals surface area contributed by atoms with Gasteiger partial charge in [0.05, 0.1) is 0 Å². The first-order chi connectivity index (χ1) is 8.41. The summed E-state index contributed by atoms with van der Waals surface area (Å²) in [6.07, 6.45) is 0.261. The van der Waals surface area contributed by atoms with E-state index in [9.17, 15) is 18.4 Å². The van der Waals surface area contributed by atoms with E-state index in [1.807, 2.05) is 0 Å². The van der Waals surface area contributed by atoms with Crippen molar-refractivity contribution in [2.75, 3.05) is 13.6 Å². The second-order valence-electron chi connectivity index (χ2n) is 3.85. The van der Waals surface area contributed by atoms with Crippen molar-refractivity contribution in [1.29, 1.82) is 0 Å². The molecule has 0 aliphatic heterocycles. The van der Waals surface area contributed by atoms with E-state index in [1.165, 1.54) is 18.0 Å². The molecule has 0 heterocycles. The van der Waals surface area contributed by atoms with Gasteiger partial charge in [-0.05, 0) is 24.6 Å². The van der Waals surface area contributed by atoms with Crippen molar-refractivity contribution in [2.45, 2.75) is 12.8 Å². The zero-order valence-corrected chi connectivity index (χ0v) is 9.82. The molecule has 0 bridgehead atoms. The molecule has 0 saturated heterocycles. The Labute approximate surface area is 103 Å². The summed E-state index contributed by atoms with van der Waals surface area (Å²) in [6.45, 7) is 0.240. The summed E-state index contributed by atoms with van der Waals surface area (Å²) in [4.78, 5) is 23.4. The minimum atomic E-state index is -1.08. The molecule has 6 heteroatoms. The fraction of sp³-hybridized carbons (Fsp3) is 0.333. The molecule has 4 nitrogen and oxygen atoms in total. The van der Waals surface area contributed by atoms with Crippen LogP contribution in [0.2, 0.25) is 0 Å². The molecule has 1 aromatic rings. The average molecular weight is 257 g/mol. The lowest BCUT2D eigenvalue weighted by Gasteiger charge is -2.16. The van der Waals surface area contributed by atoms with Crippen molar-refractivity contribution in [3.63, 3.8) is 0 Å². The number of carboxylic acid groups (broad SMARTS) is 1. The number of hydrogen-bond acceptors (Lipinski definition) is 2. The van der Waals surface area contributed by atoms with Crippen molar-refractivity contribution in [3.05, 3.63) is 35.4 Å². The molecule has 98 valence electrons. The fourth-order valence-electron chi connectivity index (χ4n) is 1.42. The summed E-state index contributed by atoms with van der Waals surface area (Å²) >= 11 is 0. The lowest BCUT2D eigenvalue weighted by atomic mass is 10.2. The number of halogens is 2. The lowest BCUT2D eigenvalue weighted by Crippen LogP contribution is -2.28. The molecule has 1 aromatic carbocycles. The van der Waals surface area contributed by atoms with E-state index in [-0.39, 0.29) is 18.5 Å². The third kappa shape index (κ3) is 3.80. The van der Waals surface area contributed by atoms with Crippen LogP contribution in [-0.2, 0) is 4.79 Å². The van der Waals surface area contributed by atoms with E-state index >= 15 is 0 Å². The average Bonchev–Trinajstić information content (AvgIpc) is 2.31. The van der Waals surface area contributed by atoms with Gasteiger partial charge < -0.3 is 10.0 Å². The number of carbonyl (C=O) groups excluding carboxylic acids is 1. The van der Waals surface area contributed by atoms with Crippen LogP contribution < -0.4 is 0 Å². The van der Waals surface area contributed by atoms with Crippen molar-refractivity contribution >= 4 is 11.9 Å². The number of carboxylic acids is 1. The largest absolute Gasteiger partial charge is 0.481 e. The van der Waals surface area contributed by atoms with Gasteiger partial charge in [-0.2, -0.15) is 0 Å². The van der Waals surface area contributed by atoms with Gasteiger partial charge in [0, 0.05) is 25.6 Å². The van der Waals surface area contributed by atoms with Gasteiger partial charge in [0.15, 0.2) is 11.6 Å². The predicted octanol–water partition coefficient (Wildman–Crippen LogP) is 1.90. The summed E-state index contributed by atoms with van der Waals surface area (Å²) < 4.78 is 25.6. The second-order valence-corrected chi connectivity index (χ2v) is 3.85. The smallest absolute Gasteiger partial charge is 0.303 e. The maximum absolute atomic E-state index is 12.9. The normalized spacial score (nSPS) is 10.2. The van der Waals surface area contributed by atoms with Gasteiger partial charge in [-0.1, -0.05) is 0 Å². The van der Waals surface area contributed by atoms with E-state index in [4.69, 9.17) is 5.11 Å². The van der Waals surface area contributed by atoms with Crippen LogP contribution in [0.25, 0.3) is 0 Å². The van der Waals surface area contributed by atoms with E-state index in [0.29, 0.717) is 6.42 Å². The fourth-order valence-corrected chi connectivity index (χ4v) is 1.42. The van der Waals surface area contributed by atoms with Gasteiger partial charge in [0.2, 0.25) is 0 Å². The van der Waals surface area contributed by atoms with Crippen LogP contribution in [0.4, 0.5) is 8.78 Å². The van der Waals surface area contributed by atoms with Gasteiger partial charge in [0.1, 0.15) is 0 Å². The summed E-state index contributed by atoms with van der Waals surface area (Å²) in [5.41, 5.74) is 0.0340. The summed E-state index contributed by atoms with van der Waals surface area (Å²) in [6, 6.07) is 2.90. The molecular formula is C12H13F2NO3. The van der Waals surface area contributed by atoms with E-state index < -0.39 is 23.5 Å². The number of nitrogens with zero attached hydrogens (tertiary/aromatic N) is 1. The van der Waals surface area contributed by atoms with Crippen molar-refractivity contribution in [3.8, 4) is 0 Å². The van der Waals surface area contributed by atoms with Crippen LogP contribution in [0.5, 0.6) is 0 Å². The van der Waals surface area contributed by atoms with E-state index in [0.717, 1.165) is 12.1 Å². The van der Waals surface area contributed by atoms with E-state index in [1.54, 1.807) is 0 Å². The molecule has 1 rings (SSSR count). The summed E-state index contributed by atoms with van der Waals surface area (Å²) in [5, 5.41) is 8.45.